The van der Waals surface area contributed by atoms with Crippen molar-refractivity contribution in [2.24, 2.45) is 0 Å². The molecule has 0 aromatic heterocycles. The molecule has 476 valence electrons. The second-order valence-corrected chi connectivity index (χ2v) is 26.5. The maximum atomic E-state index is 13.6. The van der Waals surface area contributed by atoms with Gasteiger partial charge in [0.2, 0.25) is 5.91 Å². The minimum Gasteiger partial charge on any atom is -0.456 e. The summed E-state index contributed by atoms with van der Waals surface area (Å²) in [6.45, 7) is 7.03. The minimum absolute atomic E-state index is 0.0401. The van der Waals surface area contributed by atoms with Crippen LogP contribution in [-0.2, 0) is 27.9 Å². The fraction of sp³-hybridized carbons (Fsp3) is 0.859. The third kappa shape index (κ3) is 62.3. The number of rotatable bonds is 64. The number of amides is 1. The van der Waals surface area contributed by atoms with Crippen LogP contribution in [0.2, 0.25) is 0 Å². The first-order valence-electron chi connectivity index (χ1n) is 35.0. The monoisotopic (exact) mass is 1160 g/mol. The molecule has 0 saturated heterocycles. The molecule has 2 N–H and O–H groups in total. The van der Waals surface area contributed by atoms with E-state index < -0.39 is 20.0 Å². The molecule has 0 aromatic carbocycles. The molecule has 0 radical (unpaired) electrons. The number of phosphoric acid groups is 1. The summed E-state index contributed by atoms with van der Waals surface area (Å²) in [6.07, 6.45) is 76.9. The standard InChI is InChI=1S/C71H135N2O7P/c1-7-10-13-16-19-22-25-28-30-32-33-34-35-36-37-38-39-41-42-45-48-51-54-57-60-63-70(74)72-68(67-79-81(76,77)78-66-65-73(4,5)6)69(62-59-56-53-50-47-44-27-24-21-18-15-12-9-3)80-71(75)64-61-58-55-52-49-46-43-40-31-29-26-23-20-17-14-11-8-2/h20,23,28-31,59,62,68-69H,7-19,21-22,24-27,32-58,60-61,63-67H2,1-6H3,(H-,72,74,76,77)/p+1/b23-20-,30-28+,31-29-,62-59-. The molecule has 0 aliphatic rings. The van der Waals surface area contributed by atoms with E-state index in [4.69, 9.17) is 13.8 Å². The first kappa shape index (κ1) is 79.0. The number of carbonyl (C=O) groups excluding carboxylic acids is 2. The first-order valence-corrected chi connectivity index (χ1v) is 36.5. The van der Waals surface area contributed by atoms with Gasteiger partial charge in [-0.25, -0.2) is 4.57 Å². The normalized spacial score (nSPS) is 13.8. The van der Waals surface area contributed by atoms with Gasteiger partial charge in [0.1, 0.15) is 19.3 Å². The lowest BCUT2D eigenvalue weighted by molar-refractivity contribution is -0.870. The highest BCUT2D eigenvalue weighted by Crippen LogP contribution is 2.43. The van der Waals surface area contributed by atoms with Crippen molar-refractivity contribution >= 4 is 19.7 Å². The van der Waals surface area contributed by atoms with Gasteiger partial charge < -0.3 is 19.4 Å². The molecule has 3 unspecified atom stereocenters. The van der Waals surface area contributed by atoms with Crippen molar-refractivity contribution in [2.75, 3.05) is 40.9 Å². The van der Waals surface area contributed by atoms with Crippen molar-refractivity contribution in [1.82, 2.24) is 5.32 Å². The Kier molecular flexibility index (Phi) is 59.5. The molecule has 1 amide bonds. The van der Waals surface area contributed by atoms with E-state index >= 15 is 0 Å². The lowest BCUT2D eigenvalue weighted by Crippen LogP contribution is -2.47. The summed E-state index contributed by atoms with van der Waals surface area (Å²) in [5.41, 5.74) is 0. The topological polar surface area (TPSA) is 111 Å². The molecule has 10 heteroatoms. The summed E-state index contributed by atoms with van der Waals surface area (Å²) in [6, 6.07) is -0.851. The van der Waals surface area contributed by atoms with Crippen molar-refractivity contribution in [3.8, 4) is 0 Å². The number of phosphoric ester groups is 1. The van der Waals surface area contributed by atoms with Crippen LogP contribution >= 0.6 is 7.82 Å². The van der Waals surface area contributed by atoms with Gasteiger partial charge in [-0.15, -0.1) is 0 Å². The Hall–Kier alpha value is -2.03. The number of nitrogens with zero attached hydrogens (tertiary/aromatic N) is 1. The van der Waals surface area contributed by atoms with Crippen LogP contribution in [0.4, 0.5) is 0 Å². The fourth-order valence-electron chi connectivity index (χ4n) is 10.3. The van der Waals surface area contributed by atoms with Gasteiger partial charge in [0.05, 0.1) is 33.8 Å². The molecule has 0 spiro atoms. The van der Waals surface area contributed by atoms with E-state index in [0.29, 0.717) is 17.4 Å². The summed E-state index contributed by atoms with van der Waals surface area (Å²) >= 11 is 0. The highest BCUT2D eigenvalue weighted by atomic mass is 31.2. The molecule has 0 aromatic rings. The lowest BCUT2D eigenvalue weighted by Gasteiger charge is -2.27. The van der Waals surface area contributed by atoms with Crippen molar-refractivity contribution in [3.63, 3.8) is 0 Å². The van der Waals surface area contributed by atoms with E-state index in [0.717, 1.165) is 77.0 Å². The lowest BCUT2D eigenvalue weighted by atomic mass is 10.0. The Labute approximate surface area is 503 Å². The highest BCUT2D eigenvalue weighted by molar-refractivity contribution is 7.47. The number of hydrogen-bond acceptors (Lipinski definition) is 6. The van der Waals surface area contributed by atoms with Crippen LogP contribution in [0.1, 0.15) is 342 Å². The van der Waals surface area contributed by atoms with E-state index in [1.807, 2.05) is 33.3 Å². The number of unbranched alkanes of at least 4 members (excludes halogenated alkanes) is 42. The smallest absolute Gasteiger partial charge is 0.456 e. The number of likely N-dealkylation sites (N-methyl/N-ethyl adjacent to an activating group) is 1. The molecule has 0 fully saturated rings. The number of carbonyl (C=O) groups is 2. The molecular formula is C71H136N2O7P+. The van der Waals surface area contributed by atoms with Gasteiger partial charge in [-0.2, -0.15) is 0 Å². The average molecular weight is 1160 g/mol. The molecule has 9 nitrogen and oxygen atoms in total. The van der Waals surface area contributed by atoms with E-state index in [2.05, 4.69) is 62.5 Å². The summed E-state index contributed by atoms with van der Waals surface area (Å²) < 4.78 is 30.8. The predicted octanol–water partition coefficient (Wildman–Crippen LogP) is 22.0. The molecule has 0 saturated carbocycles. The maximum absolute atomic E-state index is 13.6. The molecule has 3 atom stereocenters. The Morgan fingerprint density at radius 2 is 0.753 bits per heavy atom. The number of nitrogens with one attached hydrogen (secondary N) is 1. The van der Waals surface area contributed by atoms with Crippen LogP contribution in [0, 0.1) is 0 Å². The van der Waals surface area contributed by atoms with E-state index in [1.165, 1.54) is 231 Å². The zero-order valence-corrected chi connectivity index (χ0v) is 55.4. The summed E-state index contributed by atoms with van der Waals surface area (Å²) in [5, 5.41) is 3.07. The molecule has 0 aliphatic heterocycles. The number of quaternary nitrogens is 1. The van der Waals surface area contributed by atoms with E-state index in [1.54, 1.807) is 0 Å². The van der Waals surface area contributed by atoms with Crippen LogP contribution < -0.4 is 5.32 Å². The van der Waals surface area contributed by atoms with Gasteiger partial charge in [0.25, 0.3) is 0 Å². The third-order valence-electron chi connectivity index (χ3n) is 15.7. The molecule has 0 heterocycles. The highest BCUT2D eigenvalue weighted by Gasteiger charge is 2.30. The van der Waals surface area contributed by atoms with Crippen LogP contribution in [0.15, 0.2) is 48.6 Å². The second kappa shape index (κ2) is 61.1. The second-order valence-electron chi connectivity index (χ2n) is 25.0. The van der Waals surface area contributed by atoms with Crippen molar-refractivity contribution in [1.29, 1.82) is 0 Å². The van der Waals surface area contributed by atoms with E-state index in [9.17, 15) is 19.0 Å². The molecule has 0 bridgehead atoms. The number of ether oxygens (including phenoxy) is 1. The first-order chi connectivity index (χ1) is 39.4. The van der Waals surface area contributed by atoms with Crippen molar-refractivity contribution in [2.45, 2.75) is 354 Å². The zero-order valence-electron chi connectivity index (χ0n) is 54.5. The van der Waals surface area contributed by atoms with Crippen LogP contribution in [0.25, 0.3) is 0 Å². The Bertz CT molecular complexity index is 1520. The molecule has 0 rings (SSSR count). The van der Waals surface area contributed by atoms with Gasteiger partial charge in [-0.3, -0.25) is 18.6 Å². The largest absolute Gasteiger partial charge is 0.472 e. The zero-order chi connectivity index (χ0) is 59.3. The average Bonchev–Trinajstić information content (AvgIpc) is 3.44. The fourth-order valence-corrected chi connectivity index (χ4v) is 11.1. The van der Waals surface area contributed by atoms with Crippen LogP contribution in [0.5, 0.6) is 0 Å². The summed E-state index contributed by atoms with van der Waals surface area (Å²) in [7, 11) is 1.50. The number of hydrogen-bond donors (Lipinski definition) is 2. The van der Waals surface area contributed by atoms with Crippen molar-refractivity contribution in [3.05, 3.63) is 48.6 Å². The van der Waals surface area contributed by atoms with Crippen LogP contribution in [-0.4, -0.2) is 74.3 Å². The third-order valence-corrected chi connectivity index (χ3v) is 16.7. The Morgan fingerprint density at radius 3 is 1.15 bits per heavy atom. The minimum atomic E-state index is -4.45. The SMILES string of the molecule is CCCCC/C=C\C/C=C\CCCCCCCCCC(=O)OC(/C=C\CCCCCCCCCCCCC)C(COP(=O)(O)OCC[N+](C)(C)C)NC(=O)CCCCCCCCCCCCCCCCC/C=C/CCCCCCCC. The van der Waals surface area contributed by atoms with Gasteiger partial charge in [0.15, 0.2) is 0 Å². The van der Waals surface area contributed by atoms with E-state index in [-0.39, 0.29) is 31.5 Å². The van der Waals surface area contributed by atoms with Gasteiger partial charge in [0, 0.05) is 12.8 Å². The van der Waals surface area contributed by atoms with Crippen molar-refractivity contribution < 1.29 is 37.3 Å². The quantitative estimate of drug-likeness (QED) is 0.0205. The molecular weight excluding hydrogens is 1020 g/mol. The Morgan fingerprint density at radius 1 is 0.432 bits per heavy atom. The maximum Gasteiger partial charge on any atom is 0.472 e. The molecule has 81 heavy (non-hydrogen) atoms. The van der Waals surface area contributed by atoms with Crippen LogP contribution in [0.3, 0.4) is 0 Å². The Balaban J connectivity index is 5.08. The predicted molar refractivity (Wildman–Crippen MR) is 351 cm³/mol. The number of esters is 1. The number of allylic oxidation sites excluding steroid dienone is 7. The molecule has 0 aliphatic carbocycles. The summed E-state index contributed by atoms with van der Waals surface area (Å²) in [4.78, 5) is 37.9. The van der Waals surface area contributed by atoms with Gasteiger partial charge >= 0.3 is 13.8 Å². The summed E-state index contributed by atoms with van der Waals surface area (Å²) in [5.74, 6) is -0.499. The van der Waals surface area contributed by atoms with Gasteiger partial charge in [-0.1, -0.05) is 288 Å². The van der Waals surface area contributed by atoms with Gasteiger partial charge in [-0.05, 0) is 89.5 Å².